The zero-order valence-corrected chi connectivity index (χ0v) is 13.5. The molecule has 0 unspecified atom stereocenters. The summed E-state index contributed by atoms with van der Waals surface area (Å²) in [7, 11) is 0. The highest BCUT2D eigenvalue weighted by Gasteiger charge is 2.18. The number of hydrogen-bond acceptors (Lipinski definition) is 2. The zero-order valence-electron chi connectivity index (χ0n) is 13.5. The van der Waals surface area contributed by atoms with Crippen LogP contribution in [0.25, 0.3) is 5.57 Å². The number of nitrogens with zero attached hydrogens (tertiary/aromatic N) is 1. The number of carboxylic acid groups (broad SMARTS) is 1. The molecule has 0 amide bonds. The Balaban J connectivity index is 2.46. The number of halogens is 1. The first-order valence-corrected chi connectivity index (χ1v) is 7.91. The molecule has 0 atom stereocenters. The Kier molecular flexibility index (Phi) is 5.22. The third kappa shape index (κ3) is 3.49. The molecular formula is C18H24FNO2. The highest BCUT2D eigenvalue weighted by atomic mass is 19.1. The zero-order chi connectivity index (χ0) is 16.3. The van der Waals surface area contributed by atoms with E-state index in [0.717, 1.165) is 19.4 Å². The summed E-state index contributed by atoms with van der Waals surface area (Å²) < 4.78 is 13.7. The van der Waals surface area contributed by atoms with Crippen LogP contribution in [0.5, 0.6) is 0 Å². The number of anilines is 1. The van der Waals surface area contributed by atoms with Crippen LogP contribution in [0.1, 0.15) is 51.2 Å². The fraction of sp³-hybridized carbons (Fsp3) is 0.500. The van der Waals surface area contributed by atoms with Crippen LogP contribution in [0.4, 0.5) is 10.1 Å². The van der Waals surface area contributed by atoms with Crippen molar-refractivity contribution in [2.24, 2.45) is 0 Å². The van der Waals surface area contributed by atoms with Gasteiger partial charge >= 0.3 is 5.97 Å². The number of fused-ring (bicyclic) bond motifs is 1. The van der Waals surface area contributed by atoms with E-state index in [1.165, 1.54) is 31.0 Å². The molecule has 0 saturated carbocycles. The van der Waals surface area contributed by atoms with Crippen LogP contribution in [-0.4, -0.2) is 23.7 Å². The third-order valence-electron chi connectivity index (χ3n) is 4.31. The van der Waals surface area contributed by atoms with E-state index in [0.29, 0.717) is 11.6 Å². The van der Waals surface area contributed by atoms with Crippen molar-refractivity contribution in [3.05, 3.63) is 35.2 Å². The van der Waals surface area contributed by atoms with Gasteiger partial charge in [-0.3, -0.25) is 0 Å². The van der Waals surface area contributed by atoms with Crippen LogP contribution >= 0.6 is 0 Å². The number of allylic oxidation sites excluding steroid dienone is 1. The Hall–Kier alpha value is -1.84. The van der Waals surface area contributed by atoms with Gasteiger partial charge in [-0.1, -0.05) is 12.5 Å². The first-order valence-electron chi connectivity index (χ1n) is 7.91. The summed E-state index contributed by atoms with van der Waals surface area (Å²) in [6, 6.07) is 6.20. The average molecular weight is 305 g/mol. The Morgan fingerprint density at radius 2 is 2.00 bits per heavy atom. The number of rotatable bonds is 3. The van der Waals surface area contributed by atoms with E-state index in [1.54, 1.807) is 0 Å². The van der Waals surface area contributed by atoms with Gasteiger partial charge in [0.2, 0.25) is 5.83 Å². The van der Waals surface area contributed by atoms with Gasteiger partial charge in [0.1, 0.15) is 0 Å². The van der Waals surface area contributed by atoms with Crippen LogP contribution in [0.3, 0.4) is 0 Å². The van der Waals surface area contributed by atoms with Gasteiger partial charge in [0.25, 0.3) is 0 Å². The Morgan fingerprint density at radius 1 is 1.27 bits per heavy atom. The van der Waals surface area contributed by atoms with Gasteiger partial charge in [0.05, 0.1) is 0 Å². The maximum atomic E-state index is 13.7. The first-order chi connectivity index (χ1) is 10.4. The fourth-order valence-electron chi connectivity index (χ4n) is 3.02. The lowest BCUT2D eigenvalue weighted by molar-refractivity contribution is -0.134. The minimum absolute atomic E-state index is 0.188. The van der Waals surface area contributed by atoms with E-state index in [9.17, 15) is 9.18 Å². The molecule has 1 N–H and O–H groups in total. The van der Waals surface area contributed by atoms with Crippen molar-refractivity contribution in [1.29, 1.82) is 0 Å². The summed E-state index contributed by atoms with van der Waals surface area (Å²) in [6.45, 7) is 6.90. The number of aliphatic carboxylic acids is 1. The molecule has 0 fully saturated rings. The minimum Gasteiger partial charge on any atom is -0.476 e. The molecule has 1 aliphatic heterocycles. The van der Waals surface area contributed by atoms with Crippen LogP contribution in [-0.2, 0) is 11.2 Å². The monoisotopic (exact) mass is 305 g/mol. The molecule has 0 aromatic heterocycles. The molecule has 2 rings (SSSR count). The largest absolute Gasteiger partial charge is 0.476 e. The quantitative estimate of drug-likeness (QED) is 0.841. The molecule has 1 aliphatic rings. The van der Waals surface area contributed by atoms with Crippen molar-refractivity contribution in [2.45, 2.75) is 52.5 Å². The van der Waals surface area contributed by atoms with Crippen molar-refractivity contribution in [3.63, 3.8) is 0 Å². The van der Waals surface area contributed by atoms with Gasteiger partial charge in [0.15, 0.2) is 0 Å². The highest BCUT2D eigenvalue weighted by molar-refractivity contribution is 5.93. The van der Waals surface area contributed by atoms with Gasteiger partial charge in [0, 0.05) is 18.3 Å². The predicted octanol–water partition coefficient (Wildman–Crippen LogP) is 4.41. The molecule has 0 aliphatic carbocycles. The molecule has 0 radical (unpaired) electrons. The molecule has 0 bridgehead atoms. The summed E-state index contributed by atoms with van der Waals surface area (Å²) in [4.78, 5) is 13.2. The third-order valence-corrected chi connectivity index (χ3v) is 4.31. The van der Waals surface area contributed by atoms with E-state index in [4.69, 9.17) is 5.11 Å². The van der Waals surface area contributed by atoms with Crippen molar-refractivity contribution in [2.75, 3.05) is 11.4 Å². The van der Waals surface area contributed by atoms with E-state index in [-0.39, 0.29) is 5.57 Å². The number of benzene rings is 1. The van der Waals surface area contributed by atoms with Gasteiger partial charge in [-0.25, -0.2) is 4.79 Å². The molecule has 1 aromatic carbocycles. The van der Waals surface area contributed by atoms with Crippen molar-refractivity contribution >= 4 is 17.2 Å². The summed E-state index contributed by atoms with van der Waals surface area (Å²) in [5.41, 5.74) is 3.22. The number of carboxylic acids is 1. The molecule has 120 valence electrons. The normalized spacial score (nSPS) is 16.7. The van der Waals surface area contributed by atoms with Crippen LogP contribution in [0.2, 0.25) is 0 Å². The fourth-order valence-corrected chi connectivity index (χ4v) is 3.02. The Morgan fingerprint density at radius 3 is 2.64 bits per heavy atom. The lowest BCUT2D eigenvalue weighted by Crippen LogP contribution is -2.33. The summed E-state index contributed by atoms with van der Waals surface area (Å²) >= 11 is 0. The molecule has 4 heteroatoms. The summed E-state index contributed by atoms with van der Waals surface area (Å²) in [6.07, 6.45) is 4.44. The standard InChI is InChI=1S/C18H24FNO2/c1-12(2)20-10-6-4-5-7-15-11-14(8-9-16(15)20)13(3)17(19)18(21)22/h8-9,11-12H,4-7,10H2,1-3H3,(H,21,22). The van der Waals surface area contributed by atoms with Crippen molar-refractivity contribution in [3.8, 4) is 0 Å². The van der Waals surface area contributed by atoms with Gasteiger partial charge in [-0.15, -0.1) is 0 Å². The SMILES string of the molecule is CC(=C(F)C(=O)O)c1ccc2c(c1)CCCCCN2C(C)C. The Labute approximate surface area is 131 Å². The van der Waals surface area contributed by atoms with Crippen molar-refractivity contribution in [1.82, 2.24) is 0 Å². The lowest BCUT2D eigenvalue weighted by atomic mass is 9.96. The molecule has 0 spiro atoms. The maximum Gasteiger partial charge on any atom is 0.365 e. The highest BCUT2D eigenvalue weighted by Crippen LogP contribution is 2.31. The second kappa shape index (κ2) is 6.95. The van der Waals surface area contributed by atoms with Gasteiger partial charge < -0.3 is 10.0 Å². The van der Waals surface area contributed by atoms with E-state index in [2.05, 4.69) is 18.7 Å². The van der Waals surface area contributed by atoms with Crippen LogP contribution < -0.4 is 4.90 Å². The van der Waals surface area contributed by atoms with E-state index >= 15 is 0 Å². The van der Waals surface area contributed by atoms with E-state index < -0.39 is 11.8 Å². The molecular weight excluding hydrogens is 281 g/mol. The summed E-state index contributed by atoms with van der Waals surface area (Å²) in [5.74, 6) is -2.58. The number of aryl methyl sites for hydroxylation is 1. The smallest absolute Gasteiger partial charge is 0.365 e. The number of carbonyl (C=O) groups is 1. The average Bonchev–Trinajstić information content (AvgIpc) is 2.45. The molecule has 0 saturated heterocycles. The Bertz CT molecular complexity index is 593. The van der Waals surface area contributed by atoms with Gasteiger partial charge in [-0.05, 0) is 68.9 Å². The summed E-state index contributed by atoms with van der Waals surface area (Å²) in [5, 5.41) is 8.81. The van der Waals surface area contributed by atoms with Crippen LogP contribution in [0.15, 0.2) is 24.0 Å². The molecule has 3 nitrogen and oxygen atoms in total. The predicted molar refractivity (Wildman–Crippen MR) is 87.8 cm³/mol. The molecule has 1 heterocycles. The second-order valence-electron chi connectivity index (χ2n) is 6.19. The molecule has 1 aromatic rings. The second-order valence-corrected chi connectivity index (χ2v) is 6.19. The van der Waals surface area contributed by atoms with E-state index in [1.807, 2.05) is 18.2 Å². The molecule has 22 heavy (non-hydrogen) atoms. The lowest BCUT2D eigenvalue weighted by Gasteiger charge is -2.33. The van der Waals surface area contributed by atoms with Gasteiger partial charge in [-0.2, -0.15) is 4.39 Å². The minimum atomic E-state index is -1.51. The number of hydrogen-bond donors (Lipinski definition) is 1. The maximum absolute atomic E-state index is 13.7. The first kappa shape index (κ1) is 16.5. The van der Waals surface area contributed by atoms with Crippen LogP contribution in [0, 0.1) is 0 Å². The van der Waals surface area contributed by atoms with Crippen molar-refractivity contribution < 1.29 is 14.3 Å². The topological polar surface area (TPSA) is 40.5 Å².